The molecule has 2 heterocycles. The van der Waals surface area contributed by atoms with Gasteiger partial charge in [0.1, 0.15) is 10.9 Å². The van der Waals surface area contributed by atoms with Crippen molar-refractivity contribution in [2.24, 2.45) is 0 Å². The lowest BCUT2D eigenvalue weighted by molar-refractivity contribution is 1.14. The summed E-state index contributed by atoms with van der Waals surface area (Å²) < 4.78 is 0.774. The van der Waals surface area contributed by atoms with Crippen molar-refractivity contribution in [1.29, 1.82) is 0 Å². The molecule has 0 atom stereocenters. The van der Waals surface area contributed by atoms with Crippen LogP contribution in [0.5, 0.6) is 0 Å². The first-order chi connectivity index (χ1) is 8.33. The SMILES string of the molecule is Brc1cc(-c2cnc3ccccc3c2)ncn1. The summed E-state index contributed by atoms with van der Waals surface area (Å²) in [4.78, 5) is 12.7. The molecule has 0 fully saturated rings. The molecule has 2 aromatic heterocycles. The van der Waals surface area contributed by atoms with Crippen LogP contribution in [0.4, 0.5) is 0 Å². The van der Waals surface area contributed by atoms with E-state index in [0.29, 0.717) is 0 Å². The fraction of sp³-hybridized carbons (Fsp3) is 0. The zero-order valence-electron chi connectivity index (χ0n) is 8.84. The summed E-state index contributed by atoms with van der Waals surface area (Å²) >= 11 is 3.34. The molecule has 0 aliphatic heterocycles. The Morgan fingerprint density at radius 2 is 1.82 bits per heavy atom. The number of hydrogen-bond donors (Lipinski definition) is 0. The van der Waals surface area contributed by atoms with Gasteiger partial charge in [-0.1, -0.05) is 18.2 Å². The summed E-state index contributed by atoms with van der Waals surface area (Å²) in [6.07, 6.45) is 3.37. The van der Waals surface area contributed by atoms with Crippen molar-refractivity contribution in [1.82, 2.24) is 15.0 Å². The van der Waals surface area contributed by atoms with Crippen molar-refractivity contribution < 1.29 is 0 Å². The topological polar surface area (TPSA) is 38.7 Å². The van der Waals surface area contributed by atoms with E-state index in [1.165, 1.54) is 6.33 Å². The van der Waals surface area contributed by atoms with Gasteiger partial charge >= 0.3 is 0 Å². The normalized spacial score (nSPS) is 10.6. The summed E-state index contributed by atoms with van der Waals surface area (Å²) in [7, 11) is 0. The van der Waals surface area contributed by atoms with Crippen LogP contribution in [0.3, 0.4) is 0 Å². The summed E-state index contributed by atoms with van der Waals surface area (Å²) in [6, 6.07) is 12.0. The van der Waals surface area contributed by atoms with Crippen LogP contribution in [-0.2, 0) is 0 Å². The van der Waals surface area contributed by atoms with Crippen LogP contribution in [0.25, 0.3) is 22.2 Å². The highest BCUT2D eigenvalue weighted by atomic mass is 79.9. The van der Waals surface area contributed by atoms with Crippen molar-refractivity contribution >= 4 is 26.8 Å². The van der Waals surface area contributed by atoms with Crippen molar-refractivity contribution in [2.75, 3.05) is 0 Å². The van der Waals surface area contributed by atoms with Gasteiger partial charge in [0.25, 0.3) is 0 Å². The van der Waals surface area contributed by atoms with Gasteiger partial charge in [0, 0.05) is 17.1 Å². The van der Waals surface area contributed by atoms with Crippen LogP contribution in [0.2, 0.25) is 0 Å². The third-order valence-corrected chi connectivity index (χ3v) is 2.95. The second-order valence-electron chi connectivity index (χ2n) is 3.64. The number of fused-ring (bicyclic) bond motifs is 1. The van der Waals surface area contributed by atoms with Gasteiger partial charge in [0.15, 0.2) is 0 Å². The van der Waals surface area contributed by atoms with Crippen molar-refractivity contribution in [3.63, 3.8) is 0 Å². The summed E-state index contributed by atoms with van der Waals surface area (Å²) in [5.74, 6) is 0. The van der Waals surface area contributed by atoms with Crippen LogP contribution in [0, 0.1) is 0 Å². The van der Waals surface area contributed by atoms with Gasteiger partial charge in [-0.3, -0.25) is 4.98 Å². The third kappa shape index (κ3) is 2.03. The predicted molar refractivity (Wildman–Crippen MR) is 70.5 cm³/mol. The molecule has 0 aliphatic carbocycles. The van der Waals surface area contributed by atoms with Gasteiger partial charge < -0.3 is 0 Å². The van der Waals surface area contributed by atoms with Crippen molar-refractivity contribution in [2.45, 2.75) is 0 Å². The van der Waals surface area contributed by atoms with Gasteiger partial charge in [-0.15, -0.1) is 0 Å². The molecular formula is C13H8BrN3. The molecule has 3 aromatic rings. The number of aromatic nitrogens is 3. The Balaban J connectivity index is 2.18. The molecule has 0 N–H and O–H groups in total. The molecule has 0 radical (unpaired) electrons. The largest absolute Gasteiger partial charge is 0.256 e. The molecule has 0 amide bonds. The van der Waals surface area contributed by atoms with Crippen LogP contribution < -0.4 is 0 Å². The van der Waals surface area contributed by atoms with Gasteiger partial charge in [-0.2, -0.15) is 0 Å². The molecule has 0 saturated heterocycles. The fourth-order valence-electron chi connectivity index (χ4n) is 1.70. The lowest BCUT2D eigenvalue weighted by Gasteiger charge is -2.02. The molecule has 0 spiro atoms. The highest BCUT2D eigenvalue weighted by molar-refractivity contribution is 9.10. The first-order valence-electron chi connectivity index (χ1n) is 5.16. The van der Waals surface area contributed by atoms with Crippen LogP contribution in [0.1, 0.15) is 0 Å². The summed E-state index contributed by atoms with van der Waals surface area (Å²) in [5, 5.41) is 1.11. The number of halogens is 1. The molecule has 3 nitrogen and oxygen atoms in total. The van der Waals surface area contributed by atoms with E-state index in [1.807, 2.05) is 36.5 Å². The zero-order chi connectivity index (χ0) is 11.7. The maximum Gasteiger partial charge on any atom is 0.117 e. The lowest BCUT2D eigenvalue weighted by atomic mass is 10.1. The Kier molecular flexibility index (Phi) is 2.57. The molecule has 0 unspecified atom stereocenters. The average Bonchev–Trinajstić information content (AvgIpc) is 2.38. The van der Waals surface area contributed by atoms with E-state index >= 15 is 0 Å². The number of pyridine rings is 1. The van der Waals surface area contributed by atoms with E-state index in [1.54, 1.807) is 0 Å². The number of para-hydroxylation sites is 1. The van der Waals surface area contributed by atoms with E-state index < -0.39 is 0 Å². The molecule has 0 aliphatic rings. The van der Waals surface area contributed by atoms with Crippen molar-refractivity contribution in [3.8, 4) is 11.3 Å². The molecule has 3 rings (SSSR count). The molecular weight excluding hydrogens is 278 g/mol. The van der Waals surface area contributed by atoms with E-state index in [4.69, 9.17) is 0 Å². The average molecular weight is 286 g/mol. The molecule has 82 valence electrons. The van der Waals surface area contributed by atoms with Gasteiger partial charge in [0.05, 0.1) is 11.2 Å². The zero-order valence-corrected chi connectivity index (χ0v) is 10.4. The minimum Gasteiger partial charge on any atom is -0.256 e. The fourth-order valence-corrected chi connectivity index (χ4v) is 2.01. The molecule has 4 heteroatoms. The van der Waals surface area contributed by atoms with Crippen molar-refractivity contribution in [3.05, 3.63) is 53.5 Å². The number of benzene rings is 1. The Bertz CT molecular complexity index is 682. The highest BCUT2D eigenvalue weighted by Gasteiger charge is 2.02. The number of rotatable bonds is 1. The van der Waals surface area contributed by atoms with E-state index in [2.05, 4.69) is 36.9 Å². The maximum atomic E-state index is 4.41. The monoisotopic (exact) mass is 285 g/mol. The second-order valence-corrected chi connectivity index (χ2v) is 4.46. The van der Waals surface area contributed by atoms with E-state index in [9.17, 15) is 0 Å². The van der Waals surface area contributed by atoms with Crippen LogP contribution >= 0.6 is 15.9 Å². The van der Waals surface area contributed by atoms with Gasteiger partial charge in [-0.25, -0.2) is 9.97 Å². The Labute approximate surface area is 107 Å². The summed E-state index contributed by atoms with van der Waals surface area (Å²) in [5.41, 5.74) is 2.85. The minimum absolute atomic E-state index is 0.774. The lowest BCUT2D eigenvalue weighted by Crippen LogP contribution is -1.87. The molecule has 0 bridgehead atoms. The smallest absolute Gasteiger partial charge is 0.117 e. The third-order valence-electron chi connectivity index (χ3n) is 2.52. The molecule has 1 aromatic carbocycles. The number of nitrogens with zero attached hydrogens (tertiary/aromatic N) is 3. The Morgan fingerprint density at radius 1 is 0.941 bits per heavy atom. The molecule has 17 heavy (non-hydrogen) atoms. The Hall–Kier alpha value is -1.81. The second kappa shape index (κ2) is 4.22. The van der Waals surface area contributed by atoms with Gasteiger partial charge in [0.2, 0.25) is 0 Å². The quantitative estimate of drug-likeness (QED) is 0.643. The van der Waals surface area contributed by atoms with E-state index in [-0.39, 0.29) is 0 Å². The Morgan fingerprint density at radius 3 is 2.71 bits per heavy atom. The summed E-state index contributed by atoms with van der Waals surface area (Å²) in [6.45, 7) is 0. The maximum absolute atomic E-state index is 4.41. The predicted octanol–water partition coefficient (Wildman–Crippen LogP) is 3.45. The van der Waals surface area contributed by atoms with Crippen LogP contribution in [-0.4, -0.2) is 15.0 Å². The minimum atomic E-state index is 0.774. The number of hydrogen-bond acceptors (Lipinski definition) is 3. The van der Waals surface area contributed by atoms with E-state index in [0.717, 1.165) is 26.8 Å². The van der Waals surface area contributed by atoms with Gasteiger partial charge in [-0.05, 0) is 34.1 Å². The molecule has 0 saturated carbocycles. The standard InChI is InChI=1S/C13H8BrN3/c14-13-6-12(16-8-17-13)10-5-9-3-1-2-4-11(9)15-7-10/h1-8H. The highest BCUT2D eigenvalue weighted by Crippen LogP contribution is 2.22. The first kappa shape index (κ1) is 10.4. The first-order valence-corrected chi connectivity index (χ1v) is 5.95. The van der Waals surface area contributed by atoms with Crippen LogP contribution in [0.15, 0.2) is 53.5 Å².